The standard InChI is InChI=1S/C23H46N2O4/c1-5-9-10-11-12-13-14-15-16-17-18-24-20(19-22(26)27)23(28)29-21(6-2)25(7-3)8-4/h20-21,24H,5-19H2,1-4H3,(H,26,27). The minimum Gasteiger partial charge on any atom is -0.481 e. The van der Waals surface area contributed by atoms with Crippen LogP contribution in [0.3, 0.4) is 0 Å². The van der Waals surface area contributed by atoms with Crippen LogP contribution in [0.5, 0.6) is 0 Å². The summed E-state index contributed by atoms with van der Waals surface area (Å²) in [6.07, 6.45) is 12.6. The number of unbranched alkanes of at least 4 members (excludes halogenated alkanes) is 9. The second-order valence-corrected chi connectivity index (χ2v) is 7.81. The molecule has 6 nitrogen and oxygen atoms in total. The molecule has 0 saturated heterocycles. The summed E-state index contributed by atoms with van der Waals surface area (Å²) < 4.78 is 5.62. The zero-order valence-corrected chi connectivity index (χ0v) is 19.4. The highest BCUT2D eigenvalue weighted by Gasteiger charge is 2.26. The maximum absolute atomic E-state index is 12.5. The van der Waals surface area contributed by atoms with Crippen LogP contribution < -0.4 is 5.32 Å². The van der Waals surface area contributed by atoms with Crippen LogP contribution in [-0.4, -0.2) is 53.8 Å². The van der Waals surface area contributed by atoms with E-state index in [0.29, 0.717) is 13.0 Å². The lowest BCUT2D eigenvalue weighted by molar-refractivity contribution is -0.164. The lowest BCUT2D eigenvalue weighted by atomic mass is 10.1. The molecule has 0 bridgehead atoms. The van der Waals surface area contributed by atoms with E-state index in [9.17, 15) is 9.59 Å². The maximum atomic E-state index is 12.5. The first-order valence-electron chi connectivity index (χ1n) is 11.9. The first-order valence-corrected chi connectivity index (χ1v) is 11.9. The molecule has 2 atom stereocenters. The molecule has 0 aromatic carbocycles. The monoisotopic (exact) mass is 414 g/mol. The molecule has 0 rings (SSSR count). The summed E-state index contributed by atoms with van der Waals surface area (Å²) in [5, 5.41) is 12.3. The van der Waals surface area contributed by atoms with Crippen molar-refractivity contribution in [2.24, 2.45) is 0 Å². The van der Waals surface area contributed by atoms with Crippen LogP contribution in [0.15, 0.2) is 0 Å². The van der Waals surface area contributed by atoms with Crippen molar-refractivity contribution in [3.8, 4) is 0 Å². The lowest BCUT2D eigenvalue weighted by Crippen LogP contribution is -2.45. The van der Waals surface area contributed by atoms with Crippen molar-refractivity contribution in [3.63, 3.8) is 0 Å². The molecule has 0 amide bonds. The number of carboxylic acid groups (broad SMARTS) is 1. The molecule has 29 heavy (non-hydrogen) atoms. The molecule has 0 spiro atoms. The largest absolute Gasteiger partial charge is 0.481 e. The summed E-state index contributed by atoms with van der Waals surface area (Å²) in [7, 11) is 0. The summed E-state index contributed by atoms with van der Waals surface area (Å²) in [5.41, 5.74) is 0. The van der Waals surface area contributed by atoms with Crippen LogP contribution in [0.1, 0.15) is 105 Å². The summed E-state index contributed by atoms with van der Waals surface area (Å²) in [4.78, 5) is 25.7. The minimum atomic E-state index is -0.988. The van der Waals surface area contributed by atoms with Gasteiger partial charge >= 0.3 is 11.9 Å². The Balaban J connectivity index is 4.15. The Morgan fingerprint density at radius 1 is 0.862 bits per heavy atom. The highest BCUT2D eigenvalue weighted by atomic mass is 16.6. The quantitative estimate of drug-likeness (QED) is 0.166. The molecule has 0 radical (unpaired) electrons. The Kier molecular flexibility index (Phi) is 18.1. The van der Waals surface area contributed by atoms with Gasteiger partial charge in [0, 0.05) is 0 Å². The predicted octanol–water partition coefficient (Wildman–Crippen LogP) is 4.96. The Morgan fingerprint density at radius 2 is 1.38 bits per heavy atom. The molecule has 0 heterocycles. The summed E-state index contributed by atoms with van der Waals surface area (Å²) >= 11 is 0. The van der Waals surface area contributed by atoms with E-state index in [4.69, 9.17) is 9.84 Å². The third-order valence-electron chi connectivity index (χ3n) is 5.41. The average Bonchev–Trinajstić information content (AvgIpc) is 2.70. The Bertz CT molecular complexity index is 414. The van der Waals surface area contributed by atoms with Crippen molar-refractivity contribution in [1.82, 2.24) is 10.2 Å². The van der Waals surface area contributed by atoms with Gasteiger partial charge in [-0.15, -0.1) is 0 Å². The number of carboxylic acids is 1. The van der Waals surface area contributed by atoms with Crippen LogP contribution in [0.4, 0.5) is 0 Å². The van der Waals surface area contributed by atoms with E-state index in [1.807, 2.05) is 20.8 Å². The van der Waals surface area contributed by atoms with Crippen LogP contribution in [0.25, 0.3) is 0 Å². The van der Waals surface area contributed by atoms with E-state index in [2.05, 4.69) is 17.1 Å². The zero-order valence-electron chi connectivity index (χ0n) is 19.4. The summed E-state index contributed by atoms with van der Waals surface area (Å²) in [5.74, 6) is -1.45. The molecule has 0 saturated carbocycles. The smallest absolute Gasteiger partial charge is 0.325 e. The number of ether oxygens (including phenoxy) is 1. The van der Waals surface area contributed by atoms with E-state index < -0.39 is 18.0 Å². The molecule has 172 valence electrons. The second kappa shape index (κ2) is 18.9. The van der Waals surface area contributed by atoms with Gasteiger partial charge in [0.25, 0.3) is 0 Å². The molecule has 0 aromatic heterocycles. The number of hydrogen-bond donors (Lipinski definition) is 2. The third-order valence-corrected chi connectivity index (χ3v) is 5.41. The Morgan fingerprint density at radius 3 is 1.83 bits per heavy atom. The van der Waals surface area contributed by atoms with Crippen LogP contribution in [0, 0.1) is 0 Å². The van der Waals surface area contributed by atoms with Crippen LogP contribution in [-0.2, 0) is 14.3 Å². The Hall–Kier alpha value is -1.14. The van der Waals surface area contributed by atoms with Gasteiger partial charge in [-0.25, -0.2) is 0 Å². The van der Waals surface area contributed by atoms with Gasteiger partial charge in [0.05, 0.1) is 6.42 Å². The van der Waals surface area contributed by atoms with Crippen molar-refractivity contribution < 1.29 is 19.4 Å². The zero-order chi connectivity index (χ0) is 21.9. The number of hydrogen-bond acceptors (Lipinski definition) is 5. The molecule has 0 aliphatic carbocycles. The van der Waals surface area contributed by atoms with E-state index in [1.165, 1.54) is 51.4 Å². The molecular formula is C23H46N2O4. The first-order chi connectivity index (χ1) is 14.0. The van der Waals surface area contributed by atoms with Gasteiger partial charge in [-0.3, -0.25) is 14.5 Å². The van der Waals surface area contributed by atoms with Crippen molar-refractivity contribution >= 4 is 11.9 Å². The summed E-state index contributed by atoms with van der Waals surface area (Å²) in [6.45, 7) is 10.5. The molecule has 2 unspecified atom stereocenters. The van der Waals surface area contributed by atoms with E-state index >= 15 is 0 Å². The number of carbonyl (C=O) groups excluding carboxylic acids is 1. The molecule has 2 N–H and O–H groups in total. The minimum absolute atomic E-state index is 0.245. The van der Waals surface area contributed by atoms with E-state index in [0.717, 1.165) is 25.9 Å². The number of nitrogens with zero attached hydrogens (tertiary/aromatic N) is 1. The lowest BCUT2D eigenvalue weighted by Gasteiger charge is -2.29. The SMILES string of the molecule is CCCCCCCCCCCCNC(CC(=O)O)C(=O)OC(CC)N(CC)CC. The molecule has 0 aliphatic rings. The van der Waals surface area contributed by atoms with Crippen molar-refractivity contribution in [2.75, 3.05) is 19.6 Å². The third kappa shape index (κ3) is 14.5. The molecule has 0 aliphatic heterocycles. The number of aliphatic carboxylic acids is 1. The van der Waals surface area contributed by atoms with Gasteiger partial charge in [-0.05, 0) is 32.5 Å². The van der Waals surface area contributed by atoms with Gasteiger partial charge in [0.2, 0.25) is 0 Å². The number of rotatable bonds is 20. The van der Waals surface area contributed by atoms with Crippen molar-refractivity contribution in [1.29, 1.82) is 0 Å². The number of carbonyl (C=O) groups is 2. The van der Waals surface area contributed by atoms with Gasteiger partial charge in [-0.1, -0.05) is 85.5 Å². The number of esters is 1. The highest BCUT2D eigenvalue weighted by molar-refractivity contribution is 5.82. The molecular weight excluding hydrogens is 368 g/mol. The van der Waals surface area contributed by atoms with Crippen molar-refractivity contribution in [3.05, 3.63) is 0 Å². The maximum Gasteiger partial charge on any atom is 0.325 e. The fourth-order valence-corrected chi connectivity index (χ4v) is 3.57. The number of nitrogens with one attached hydrogen (secondary N) is 1. The topological polar surface area (TPSA) is 78.9 Å². The van der Waals surface area contributed by atoms with Crippen molar-refractivity contribution in [2.45, 2.75) is 117 Å². The highest BCUT2D eigenvalue weighted by Crippen LogP contribution is 2.11. The first kappa shape index (κ1) is 27.9. The molecule has 0 aromatic rings. The van der Waals surface area contributed by atoms with E-state index in [1.54, 1.807) is 0 Å². The fourth-order valence-electron chi connectivity index (χ4n) is 3.57. The van der Waals surface area contributed by atoms with Gasteiger partial charge < -0.3 is 15.2 Å². The predicted molar refractivity (Wildman–Crippen MR) is 119 cm³/mol. The average molecular weight is 415 g/mol. The Labute approximate surface area is 178 Å². The molecule has 6 heteroatoms. The van der Waals surface area contributed by atoms with Crippen LogP contribution in [0.2, 0.25) is 0 Å². The van der Waals surface area contributed by atoms with Gasteiger partial charge in [-0.2, -0.15) is 0 Å². The van der Waals surface area contributed by atoms with E-state index in [-0.39, 0.29) is 12.6 Å². The van der Waals surface area contributed by atoms with Gasteiger partial charge in [0.1, 0.15) is 6.04 Å². The summed E-state index contributed by atoms with van der Waals surface area (Å²) in [6, 6.07) is -0.782. The normalized spacial score (nSPS) is 13.4. The molecule has 0 fully saturated rings. The fraction of sp³-hybridized carbons (Fsp3) is 0.913. The van der Waals surface area contributed by atoms with Gasteiger partial charge in [0.15, 0.2) is 6.23 Å². The van der Waals surface area contributed by atoms with Crippen LogP contribution >= 0.6 is 0 Å². The second-order valence-electron chi connectivity index (χ2n) is 7.81.